The maximum atomic E-state index is 12.7. The monoisotopic (exact) mass is 314 g/mol. The first-order chi connectivity index (χ1) is 9.11. The van der Waals surface area contributed by atoms with Gasteiger partial charge in [-0.05, 0) is 0 Å². The van der Waals surface area contributed by atoms with E-state index < -0.39 is 43.7 Å². The molecule has 110 valence electrons. The molecule has 0 aliphatic heterocycles. The van der Waals surface area contributed by atoms with Gasteiger partial charge in [-0.15, -0.1) is 0 Å². The molecule has 2 N–H and O–H groups in total. The van der Waals surface area contributed by atoms with Crippen molar-refractivity contribution < 1.29 is 23.0 Å². The lowest BCUT2D eigenvalue weighted by Gasteiger charge is -2.12. The molecule has 0 aromatic heterocycles. The van der Waals surface area contributed by atoms with Crippen LogP contribution in [0.15, 0.2) is 6.07 Å². The summed E-state index contributed by atoms with van der Waals surface area (Å²) in [5.74, 6) is 0. The molecule has 0 atom stereocenters. The van der Waals surface area contributed by atoms with Crippen molar-refractivity contribution >= 4 is 28.7 Å². The van der Waals surface area contributed by atoms with Crippen molar-refractivity contribution in [3.8, 4) is 0 Å². The fourth-order valence-electron chi connectivity index (χ4n) is 1.40. The van der Waals surface area contributed by atoms with Crippen molar-refractivity contribution in [3.05, 3.63) is 36.9 Å². The van der Waals surface area contributed by atoms with Crippen LogP contribution in [0.4, 0.5) is 30.2 Å². The Labute approximate surface area is 113 Å². The van der Waals surface area contributed by atoms with E-state index in [4.69, 9.17) is 11.6 Å². The van der Waals surface area contributed by atoms with Gasteiger partial charge in [0.1, 0.15) is 5.02 Å². The van der Waals surface area contributed by atoms with E-state index in [0.717, 1.165) is 0 Å². The number of nitrogens with one attached hydrogen (secondary N) is 2. The summed E-state index contributed by atoms with van der Waals surface area (Å²) in [7, 11) is 1.22. The average Bonchev–Trinajstić information content (AvgIpc) is 2.26. The standard InChI is InChI=1S/C8H6ClF3N4O4/c1-13-14-6-4(15(17)18)2-3(8(10,11)12)5(9)7(6)16(19)20/h2,13-14H,1H3. The van der Waals surface area contributed by atoms with E-state index in [1.807, 2.05) is 5.43 Å². The van der Waals surface area contributed by atoms with Crippen LogP contribution in [-0.2, 0) is 6.18 Å². The van der Waals surface area contributed by atoms with Gasteiger partial charge in [-0.25, -0.2) is 5.43 Å². The summed E-state index contributed by atoms with van der Waals surface area (Å²) in [6.45, 7) is 0. The first-order valence-electron chi connectivity index (χ1n) is 4.76. The van der Waals surface area contributed by atoms with Gasteiger partial charge in [-0.1, -0.05) is 11.6 Å². The van der Waals surface area contributed by atoms with Gasteiger partial charge < -0.3 is 5.43 Å². The smallest absolute Gasteiger partial charge is 0.310 e. The number of benzene rings is 1. The molecule has 8 nitrogen and oxygen atoms in total. The molecule has 0 spiro atoms. The highest BCUT2D eigenvalue weighted by molar-refractivity contribution is 6.34. The van der Waals surface area contributed by atoms with Crippen LogP contribution in [-0.4, -0.2) is 16.9 Å². The van der Waals surface area contributed by atoms with Crippen molar-refractivity contribution in [2.24, 2.45) is 0 Å². The summed E-state index contributed by atoms with van der Waals surface area (Å²) in [6.07, 6.45) is -5.06. The maximum absolute atomic E-state index is 12.7. The Morgan fingerprint density at radius 1 is 1.25 bits per heavy atom. The summed E-state index contributed by atoms with van der Waals surface area (Å²) in [5, 5.41) is 20.4. The molecule has 12 heteroatoms. The van der Waals surface area contributed by atoms with Crippen LogP contribution in [0.3, 0.4) is 0 Å². The molecule has 1 aromatic carbocycles. The topological polar surface area (TPSA) is 110 Å². The van der Waals surface area contributed by atoms with Gasteiger partial charge in [0, 0.05) is 13.1 Å². The van der Waals surface area contributed by atoms with Crippen molar-refractivity contribution in [3.63, 3.8) is 0 Å². The SMILES string of the molecule is CNNc1c([N+](=O)[O-])cc(C(F)(F)F)c(Cl)c1[N+](=O)[O-]. The summed E-state index contributed by atoms with van der Waals surface area (Å²) >= 11 is 5.35. The third-order valence-electron chi connectivity index (χ3n) is 2.15. The normalized spacial score (nSPS) is 11.2. The Kier molecular flexibility index (Phi) is 4.35. The quantitative estimate of drug-likeness (QED) is 0.653. The van der Waals surface area contributed by atoms with Crippen LogP contribution in [0, 0.1) is 20.2 Å². The molecule has 1 rings (SSSR count). The number of nitro groups is 2. The van der Waals surface area contributed by atoms with Gasteiger partial charge in [0.05, 0.1) is 15.4 Å². The number of rotatable bonds is 4. The van der Waals surface area contributed by atoms with Crippen LogP contribution >= 0.6 is 11.6 Å². The first-order valence-corrected chi connectivity index (χ1v) is 5.14. The van der Waals surface area contributed by atoms with E-state index >= 15 is 0 Å². The summed E-state index contributed by atoms with van der Waals surface area (Å²) < 4.78 is 38.1. The number of anilines is 1. The number of hydrogen-bond acceptors (Lipinski definition) is 6. The lowest BCUT2D eigenvalue weighted by molar-refractivity contribution is -0.392. The average molecular weight is 315 g/mol. The van der Waals surface area contributed by atoms with E-state index in [2.05, 4.69) is 5.43 Å². The third kappa shape index (κ3) is 2.88. The second-order valence-corrected chi connectivity index (χ2v) is 3.75. The van der Waals surface area contributed by atoms with Crippen LogP contribution in [0.1, 0.15) is 5.56 Å². The number of alkyl halides is 3. The number of hydrogen-bond donors (Lipinski definition) is 2. The molecule has 0 unspecified atom stereocenters. The van der Waals surface area contributed by atoms with Crippen LogP contribution in [0.5, 0.6) is 0 Å². The van der Waals surface area contributed by atoms with Gasteiger partial charge in [0.15, 0.2) is 0 Å². The molecule has 0 amide bonds. The fraction of sp³-hybridized carbons (Fsp3) is 0.250. The van der Waals surface area contributed by atoms with Crippen molar-refractivity contribution in [2.45, 2.75) is 6.18 Å². The largest absolute Gasteiger partial charge is 0.418 e. The molecule has 0 aliphatic carbocycles. The van der Waals surface area contributed by atoms with Gasteiger partial charge in [-0.3, -0.25) is 20.2 Å². The Bertz CT molecular complexity index is 578. The van der Waals surface area contributed by atoms with Crippen molar-refractivity contribution in [1.82, 2.24) is 5.43 Å². The second kappa shape index (κ2) is 5.46. The lowest BCUT2D eigenvalue weighted by atomic mass is 10.1. The molecule has 0 saturated heterocycles. The molecule has 20 heavy (non-hydrogen) atoms. The van der Waals surface area contributed by atoms with Gasteiger partial charge >= 0.3 is 17.6 Å². The highest BCUT2D eigenvalue weighted by Gasteiger charge is 2.41. The van der Waals surface area contributed by atoms with E-state index in [-0.39, 0.29) is 6.07 Å². The lowest BCUT2D eigenvalue weighted by Crippen LogP contribution is -2.19. The number of halogens is 4. The highest BCUT2D eigenvalue weighted by Crippen LogP contribution is 2.47. The molecular formula is C8H6ClF3N4O4. The predicted molar refractivity (Wildman–Crippen MR) is 62.4 cm³/mol. The minimum absolute atomic E-state index is 0.134. The molecule has 0 heterocycles. The highest BCUT2D eigenvalue weighted by atomic mass is 35.5. The number of hydrazine groups is 1. The van der Waals surface area contributed by atoms with Crippen LogP contribution in [0.25, 0.3) is 0 Å². The zero-order valence-corrected chi connectivity index (χ0v) is 10.4. The summed E-state index contributed by atoms with van der Waals surface area (Å²) in [4.78, 5) is 19.2. The van der Waals surface area contributed by atoms with E-state index in [1.165, 1.54) is 7.05 Å². The Balaban J connectivity index is 3.81. The number of nitrogens with zero attached hydrogens (tertiary/aromatic N) is 2. The molecule has 0 fully saturated rings. The molecule has 0 aliphatic rings. The fourth-order valence-corrected chi connectivity index (χ4v) is 1.73. The van der Waals surface area contributed by atoms with Crippen LogP contribution < -0.4 is 10.9 Å². The van der Waals surface area contributed by atoms with E-state index in [0.29, 0.717) is 0 Å². The minimum atomic E-state index is -5.06. The Morgan fingerprint density at radius 2 is 1.80 bits per heavy atom. The predicted octanol–water partition coefficient (Wildman–Crippen LogP) is 2.72. The molecule has 1 aromatic rings. The zero-order chi connectivity index (χ0) is 15.7. The van der Waals surface area contributed by atoms with Crippen molar-refractivity contribution in [2.75, 3.05) is 12.5 Å². The van der Waals surface area contributed by atoms with E-state index in [1.54, 1.807) is 0 Å². The number of nitro benzene ring substituents is 2. The second-order valence-electron chi connectivity index (χ2n) is 3.37. The third-order valence-corrected chi connectivity index (χ3v) is 2.54. The Morgan fingerprint density at radius 3 is 2.15 bits per heavy atom. The maximum Gasteiger partial charge on any atom is 0.418 e. The molecular weight excluding hydrogens is 309 g/mol. The summed E-state index contributed by atoms with van der Waals surface area (Å²) in [5.41, 5.74) is -0.570. The molecule has 0 bridgehead atoms. The van der Waals surface area contributed by atoms with Crippen LogP contribution in [0.2, 0.25) is 5.02 Å². The molecule has 0 saturated carbocycles. The van der Waals surface area contributed by atoms with Crippen molar-refractivity contribution in [1.29, 1.82) is 0 Å². The minimum Gasteiger partial charge on any atom is -0.310 e. The van der Waals surface area contributed by atoms with Gasteiger partial charge in [0.25, 0.3) is 0 Å². The molecule has 0 radical (unpaired) electrons. The zero-order valence-electron chi connectivity index (χ0n) is 9.62. The summed E-state index contributed by atoms with van der Waals surface area (Å²) in [6, 6.07) is 0.134. The van der Waals surface area contributed by atoms with Gasteiger partial charge in [0.2, 0.25) is 5.69 Å². The first kappa shape index (κ1) is 15.9. The van der Waals surface area contributed by atoms with Gasteiger partial charge in [-0.2, -0.15) is 13.2 Å². The van der Waals surface area contributed by atoms with E-state index in [9.17, 15) is 33.4 Å². The Hall–Kier alpha value is -2.14.